The predicted octanol–water partition coefficient (Wildman–Crippen LogP) is 2.35. The quantitative estimate of drug-likeness (QED) is 0.603. The van der Waals surface area contributed by atoms with Crippen molar-refractivity contribution in [1.29, 1.82) is 0 Å². The first-order chi connectivity index (χ1) is 14.5. The number of imide groups is 1. The second-order valence-electron chi connectivity index (χ2n) is 8.04. The minimum absolute atomic E-state index is 0.282. The molecular weight excluding hydrogens is 384 g/mol. The van der Waals surface area contributed by atoms with Gasteiger partial charge in [0.1, 0.15) is 12.1 Å². The zero-order chi connectivity index (χ0) is 21.6. The summed E-state index contributed by atoms with van der Waals surface area (Å²) < 4.78 is 5.36. The first kappa shape index (κ1) is 22.2. The van der Waals surface area contributed by atoms with E-state index in [4.69, 9.17) is 4.74 Å². The molecule has 8 heteroatoms. The molecule has 2 saturated heterocycles. The fraction of sp³-hybridized carbons (Fsp3) is 0.591. The molecule has 8 nitrogen and oxygen atoms in total. The van der Waals surface area contributed by atoms with Gasteiger partial charge in [0.25, 0.3) is 5.91 Å². The van der Waals surface area contributed by atoms with Crippen molar-refractivity contribution in [3.05, 3.63) is 29.8 Å². The number of ether oxygens (including phenoxy) is 1. The summed E-state index contributed by atoms with van der Waals surface area (Å²) in [6.07, 6.45) is 2.72. The van der Waals surface area contributed by atoms with E-state index in [1.54, 1.807) is 0 Å². The van der Waals surface area contributed by atoms with E-state index < -0.39 is 11.6 Å². The molecule has 164 valence electrons. The van der Waals surface area contributed by atoms with E-state index >= 15 is 0 Å². The van der Waals surface area contributed by atoms with E-state index in [-0.39, 0.29) is 18.4 Å². The lowest BCUT2D eigenvalue weighted by molar-refractivity contribution is -0.134. The molecule has 2 aliphatic heterocycles. The molecule has 1 aromatic rings. The lowest BCUT2D eigenvalue weighted by Crippen LogP contribution is -2.47. The number of urea groups is 1. The van der Waals surface area contributed by atoms with Crippen LogP contribution < -0.4 is 10.6 Å². The lowest BCUT2D eigenvalue weighted by Gasteiger charge is -2.26. The first-order valence-corrected chi connectivity index (χ1v) is 10.8. The Hall–Kier alpha value is -2.45. The molecule has 1 aromatic carbocycles. The van der Waals surface area contributed by atoms with Gasteiger partial charge in [0.2, 0.25) is 5.91 Å². The molecule has 2 fully saturated rings. The first-order valence-electron chi connectivity index (χ1n) is 10.8. The molecule has 0 radical (unpaired) electrons. The molecule has 0 aliphatic carbocycles. The standard InChI is InChI=1S/C22H32N4O4/c1-3-9-22(10-4-2)20(28)26(21(29)24-22)16-19(27)23-18-7-5-17(6-8-18)15-25-11-13-30-14-12-25/h5-8H,3-4,9-16H2,1-2H3,(H,23,27)(H,24,29). The van der Waals surface area contributed by atoms with Crippen molar-refractivity contribution in [1.82, 2.24) is 15.1 Å². The molecule has 3 rings (SSSR count). The summed E-state index contributed by atoms with van der Waals surface area (Å²) in [7, 11) is 0. The summed E-state index contributed by atoms with van der Waals surface area (Å²) in [6, 6.07) is 7.16. The van der Waals surface area contributed by atoms with Crippen LogP contribution in [0.3, 0.4) is 0 Å². The second kappa shape index (κ2) is 10.0. The van der Waals surface area contributed by atoms with Crippen molar-refractivity contribution >= 4 is 23.5 Å². The molecular formula is C22H32N4O4. The summed E-state index contributed by atoms with van der Waals surface area (Å²) >= 11 is 0. The molecule has 2 aliphatic rings. The van der Waals surface area contributed by atoms with Crippen LogP contribution in [0.5, 0.6) is 0 Å². The van der Waals surface area contributed by atoms with Gasteiger partial charge in [0.05, 0.1) is 13.2 Å². The van der Waals surface area contributed by atoms with Crippen LogP contribution in [0.2, 0.25) is 0 Å². The minimum Gasteiger partial charge on any atom is -0.379 e. The van der Waals surface area contributed by atoms with E-state index in [0.717, 1.165) is 56.2 Å². The van der Waals surface area contributed by atoms with E-state index in [1.807, 2.05) is 38.1 Å². The largest absolute Gasteiger partial charge is 0.379 e. The van der Waals surface area contributed by atoms with Gasteiger partial charge in [-0.15, -0.1) is 0 Å². The molecule has 0 spiro atoms. The summed E-state index contributed by atoms with van der Waals surface area (Å²) in [5.74, 6) is -0.685. The van der Waals surface area contributed by atoms with E-state index in [2.05, 4.69) is 15.5 Å². The highest BCUT2D eigenvalue weighted by molar-refractivity contribution is 6.10. The highest BCUT2D eigenvalue weighted by Crippen LogP contribution is 2.28. The summed E-state index contributed by atoms with van der Waals surface area (Å²) in [5.41, 5.74) is 0.932. The van der Waals surface area contributed by atoms with Gasteiger partial charge in [-0.05, 0) is 30.5 Å². The smallest absolute Gasteiger partial charge is 0.325 e. The van der Waals surface area contributed by atoms with Crippen LogP contribution in [0.25, 0.3) is 0 Å². The van der Waals surface area contributed by atoms with Crippen molar-refractivity contribution in [2.45, 2.75) is 51.6 Å². The number of amides is 4. The Labute approximate surface area is 177 Å². The normalized spacial score (nSPS) is 19.1. The molecule has 2 heterocycles. The van der Waals surface area contributed by atoms with Crippen molar-refractivity contribution in [2.24, 2.45) is 0 Å². The summed E-state index contributed by atoms with van der Waals surface area (Å²) in [5, 5.41) is 5.61. The van der Waals surface area contributed by atoms with E-state index in [1.165, 1.54) is 0 Å². The highest BCUT2D eigenvalue weighted by Gasteiger charge is 2.50. The Morgan fingerprint density at radius 1 is 1.10 bits per heavy atom. The van der Waals surface area contributed by atoms with Crippen LogP contribution in [-0.4, -0.2) is 66.0 Å². The van der Waals surface area contributed by atoms with Crippen LogP contribution in [0.1, 0.15) is 45.1 Å². The number of anilines is 1. The fourth-order valence-electron chi connectivity index (χ4n) is 4.19. The maximum absolute atomic E-state index is 12.9. The number of benzene rings is 1. The average Bonchev–Trinajstić information content (AvgIpc) is 2.95. The van der Waals surface area contributed by atoms with Gasteiger partial charge in [0, 0.05) is 25.3 Å². The SMILES string of the molecule is CCCC1(CCC)NC(=O)N(CC(=O)Nc2ccc(CN3CCOCC3)cc2)C1=O. The molecule has 0 bridgehead atoms. The Balaban J connectivity index is 1.56. The number of carbonyl (C=O) groups excluding carboxylic acids is 3. The van der Waals surface area contributed by atoms with Gasteiger partial charge >= 0.3 is 6.03 Å². The summed E-state index contributed by atoms with van der Waals surface area (Å²) in [4.78, 5) is 41.1. The third-order valence-electron chi connectivity index (χ3n) is 5.65. The van der Waals surface area contributed by atoms with E-state index in [0.29, 0.717) is 18.5 Å². The number of hydrogen-bond acceptors (Lipinski definition) is 5. The third kappa shape index (κ3) is 5.17. The Morgan fingerprint density at radius 3 is 2.33 bits per heavy atom. The maximum atomic E-state index is 12.9. The van der Waals surface area contributed by atoms with Crippen molar-refractivity contribution in [2.75, 3.05) is 38.2 Å². The zero-order valence-corrected chi connectivity index (χ0v) is 17.9. The number of carbonyl (C=O) groups is 3. The van der Waals surface area contributed by atoms with Crippen molar-refractivity contribution < 1.29 is 19.1 Å². The monoisotopic (exact) mass is 416 g/mol. The maximum Gasteiger partial charge on any atom is 0.325 e. The lowest BCUT2D eigenvalue weighted by atomic mass is 9.88. The van der Waals surface area contributed by atoms with Crippen LogP contribution in [-0.2, 0) is 20.9 Å². The number of rotatable bonds is 9. The number of nitrogens with zero attached hydrogens (tertiary/aromatic N) is 2. The Bertz CT molecular complexity index is 753. The van der Waals surface area contributed by atoms with Crippen LogP contribution in [0.15, 0.2) is 24.3 Å². The fourth-order valence-corrected chi connectivity index (χ4v) is 4.19. The molecule has 4 amide bonds. The van der Waals surface area contributed by atoms with Crippen molar-refractivity contribution in [3.63, 3.8) is 0 Å². The minimum atomic E-state index is -0.873. The summed E-state index contributed by atoms with van der Waals surface area (Å²) in [6.45, 7) is 7.88. The van der Waals surface area contributed by atoms with Gasteiger partial charge in [0.15, 0.2) is 0 Å². The molecule has 0 saturated carbocycles. The number of morpholine rings is 1. The zero-order valence-electron chi connectivity index (χ0n) is 17.9. The van der Waals surface area contributed by atoms with Crippen LogP contribution >= 0.6 is 0 Å². The van der Waals surface area contributed by atoms with Crippen LogP contribution in [0.4, 0.5) is 10.5 Å². The van der Waals surface area contributed by atoms with E-state index in [9.17, 15) is 14.4 Å². The highest BCUT2D eigenvalue weighted by atomic mass is 16.5. The van der Waals surface area contributed by atoms with Gasteiger partial charge in [-0.1, -0.05) is 38.8 Å². The number of hydrogen-bond donors (Lipinski definition) is 2. The van der Waals surface area contributed by atoms with Gasteiger partial charge in [-0.3, -0.25) is 19.4 Å². The van der Waals surface area contributed by atoms with Gasteiger partial charge < -0.3 is 15.4 Å². The predicted molar refractivity (Wildman–Crippen MR) is 114 cm³/mol. The average molecular weight is 417 g/mol. The molecule has 2 N–H and O–H groups in total. The molecule has 0 aromatic heterocycles. The van der Waals surface area contributed by atoms with Gasteiger partial charge in [-0.25, -0.2) is 4.79 Å². The number of nitrogens with one attached hydrogen (secondary N) is 2. The molecule has 0 unspecified atom stereocenters. The molecule has 0 atom stereocenters. The van der Waals surface area contributed by atoms with Crippen molar-refractivity contribution in [3.8, 4) is 0 Å². The Morgan fingerprint density at radius 2 is 1.73 bits per heavy atom. The molecule has 30 heavy (non-hydrogen) atoms. The second-order valence-corrected chi connectivity index (χ2v) is 8.04. The van der Waals surface area contributed by atoms with Crippen LogP contribution in [0, 0.1) is 0 Å². The Kier molecular flexibility index (Phi) is 7.44. The topological polar surface area (TPSA) is 91.0 Å². The third-order valence-corrected chi connectivity index (χ3v) is 5.65. The van der Waals surface area contributed by atoms with Gasteiger partial charge in [-0.2, -0.15) is 0 Å².